The summed E-state index contributed by atoms with van der Waals surface area (Å²) in [5.74, 6) is -0.819. The predicted molar refractivity (Wildman–Crippen MR) is 55.8 cm³/mol. The first kappa shape index (κ1) is 10.0. The highest BCUT2D eigenvalue weighted by molar-refractivity contribution is 5.77. The molecule has 0 heterocycles. The maximum absolute atomic E-state index is 10.9. The van der Waals surface area contributed by atoms with Gasteiger partial charge in [0.25, 0.3) is 0 Å². The lowest BCUT2D eigenvalue weighted by Gasteiger charge is -2.14. The summed E-state index contributed by atoms with van der Waals surface area (Å²) in [6.45, 7) is 1.99. The maximum atomic E-state index is 10.9. The number of carboxylic acids is 1. The van der Waals surface area contributed by atoms with Gasteiger partial charge in [-0.1, -0.05) is 19.1 Å². The van der Waals surface area contributed by atoms with Crippen LogP contribution >= 0.6 is 0 Å². The Labute approximate surface area is 88.4 Å². The second kappa shape index (κ2) is 3.26. The van der Waals surface area contributed by atoms with Gasteiger partial charge < -0.3 is 10.2 Å². The quantitative estimate of drug-likeness (QED) is 0.796. The molecule has 0 amide bonds. The maximum Gasteiger partial charge on any atom is 0.307 e. The molecular weight excluding hydrogens is 192 g/mol. The van der Waals surface area contributed by atoms with Crippen molar-refractivity contribution >= 4 is 5.97 Å². The first-order valence-electron chi connectivity index (χ1n) is 5.12. The lowest BCUT2D eigenvalue weighted by molar-refractivity contribution is -0.139. The van der Waals surface area contributed by atoms with E-state index in [1.54, 1.807) is 18.2 Å². The SMILES string of the molecule is CCC1(c2cccc(O)c2)C[C@H]1C(=O)O. The number of aromatic hydroxyl groups is 1. The third-order valence-corrected chi connectivity index (χ3v) is 3.43. The molecule has 3 nitrogen and oxygen atoms in total. The number of rotatable bonds is 3. The van der Waals surface area contributed by atoms with Gasteiger partial charge in [-0.15, -0.1) is 0 Å². The van der Waals surface area contributed by atoms with E-state index in [1.165, 1.54) is 0 Å². The van der Waals surface area contributed by atoms with Gasteiger partial charge in [-0.3, -0.25) is 4.79 Å². The standard InChI is InChI=1S/C12H14O3/c1-2-12(7-10(12)11(14)15)8-4-3-5-9(13)6-8/h3-6,10,13H,2,7H2,1H3,(H,14,15)/t10-,12?/m0/s1. The smallest absolute Gasteiger partial charge is 0.307 e. The molecule has 0 saturated heterocycles. The number of phenols is 1. The summed E-state index contributed by atoms with van der Waals surface area (Å²) in [6, 6.07) is 6.93. The Kier molecular flexibility index (Phi) is 2.18. The molecule has 1 aliphatic carbocycles. The van der Waals surface area contributed by atoms with E-state index in [0.717, 1.165) is 12.0 Å². The second-order valence-corrected chi connectivity index (χ2v) is 4.15. The molecule has 0 bridgehead atoms. The lowest BCUT2D eigenvalue weighted by Crippen LogP contribution is -2.13. The van der Waals surface area contributed by atoms with E-state index in [4.69, 9.17) is 5.11 Å². The molecule has 1 aliphatic rings. The summed E-state index contributed by atoms with van der Waals surface area (Å²) < 4.78 is 0. The van der Waals surface area contributed by atoms with Gasteiger partial charge >= 0.3 is 5.97 Å². The monoisotopic (exact) mass is 206 g/mol. The van der Waals surface area contributed by atoms with Crippen LogP contribution in [0.25, 0.3) is 0 Å². The van der Waals surface area contributed by atoms with Gasteiger partial charge in [-0.25, -0.2) is 0 Å². The topological polar surface area (TPSA) is 57.5 Å². The van der Waals surface area contributed by atoms with Crippen LogP contribution in [-0.2, 0) is 10.2 Å². The van der Waals surface area contributed by atoms with Crippen LogP contribution in [0.5, 0.6) is 5.75 Å². The van der Waals surface area contributed by atoms with E-state index in [9.17, 15) is 9.90 Å². The van der Waals surface area contributed by atoms with Gasteiger partial charge in [0.2, 0.25) is 0 Å². The first-order valence-corrected chi connectivity index (χ1v) is 5.12. The molecule has 0 radical (unpaired) electrons. The summed E-state index contributed by atoms with van der Waals surface area (Å²) in [5.41, 5.74) is 0.697. The van der Waals surface area contributed by atoms with Crippen LogP contribution in [0.2, 0.25) is 0 Å². The van der Waals surface area contributed by atoms with Crippen LogP contribution in [0.3, 0.4) is 0 Å². The Morgan fingerprint density at radius 1 is 1.60 bits per heavy atom. The van der Waals surface area contributed by atoms with Crippen molar-refractivity contribution in [1.29, 1.82) is 0 Å². The molecule has 3 heteroatoms. The summed E-state index contributed by atoms with van der Waals surface area (Å²) in [4.78, 5) is 10.9. The van der Waals surface area contributed by atoms with Crippen molar-refractivity contribution in [2.75, 3.05) is 0 Å². The van der Waals surface area contributed by atoms with E-state index in [2.05, 4.69) is 0 Å². The van der Waals surface area contributed by atoms with Gasteiger partial charge in [0, 0.05) is 5.41 Å². The molecule has 0 aromatic heterocycles. The van der Waals surface area contributed by atoms with Crippen molar-refractivity contribution in [2.24, 2.45) is 5.92 Å². The van der Waals surface area contributed by atoms with Crippen molar-refractivity contribution in [3.05, 3.63) is 29.8 Å². The van der Waals surface area contributed by atoms with Crippen LogP contribution in [0, 0.1) is 5.92 Å². The number of phenolic OH excluding ortho intramolecular Hbond substituents is 1. The zero-order valence-electron chi connectivity index (χ0n) is 8.60. The molecule has 1 aromatic rings. The summed E-state index contributed by atoms with van der Waals surface area (Å²) in [7, 11) is 0. The Bertz CT molecular complexity index is 400. The number of benzene rings is 1. The minimum atomic E-state index is -0.736. The fourth-order valence-electron chi connectivity index (χ4n) is 2.36. The Balaban J connectivity index is 2.34. The van der Waals surface area contributed by atoms with Gasteiger partial charge in [-0.2, -0.15) is 0 Å². The van der Waals surface area contributed by atoms with E-state index in [-0.39, 0.29) is 17.1 Å². The third kappa shape index (κ3) is 1.48. The summed E-state index contributed by atoms with van der Waals surface area (Å²) >= 11 is 0. The zero-order valence-corrected chi connectivity index (χ0v) is 8.60. The molecule has 2 N–H and O–H groups in total. The van der Waals surface area contributed by atoms with E-state index in [0.29, 0.717) is 6.42 Å². The highest BCUT2D eigenvalue weighted by atomic mass is 16.4. The molecule has 80 valence electrons. The molecule has 2 atom stereocenters. The molecule has 0 aliphatic heterocycles. The second-order valence-electron chi connectivity index (χ2n) is 4.15. The van der Waals surface area contributed by atoms with Crippen molar-refractivity contribution in [1.82, 2.24) is 0 Å². The van der Waals surface area contributed by atoms with Gasteiger partial charge in [-0.05, 0) is 30.5 Å². The highest BCUT2D eigenvalue weighted by Crippen LogP contribution is 2.57. The largest absolute Gasteiger partial charge is 0.508 e. The van der Waals surface area contributed by atoms with Crippen LogP contribution in [-0.4, -0.2) is 16.2 Å². The van der Waals surface area contributed by atoms with Gasteiger partial charge in [0.15, 0.2) is 0 Å². The van der Waals surface area contributed by atoms with Gasteiger partial charge in [0.1, 0.15) is 5.75 Å². The van der Waals surface area contributed by atoms with Crippen molar-refractivity contribution < 1.29 is 15.0 Å². The minimum Gasteiger partial charge on any atom is -0.508 e. The van der Waals surface area contributed by atoms with Crippen LogP contribution in [0.15, 0.2) is 24.3 Å². The summed E-state index contributed by atoms with van der Waals surface area (Å²) in [5, 5.41) is 18.4. The molecule has 1 aromatic carbocycles. The number of hydrogen-bond acceptors (Lipinski definition) is 2. The normalized spacial score (nSPS) is 28.7. The van der Waals surface area contributed by atoms with Crippen molar-refractivity contribution in [3.8, 4) is 5.75 Å². The zero-order chi connectivity index (χ0) is 11.1. The fraction of sp³-hybridized carbons (Fsp3) is 0.417. The van der Waals surface area contributed by atoms with Crippen molar-refractivity contribution in [3.63, 3.8) is 0 Å². The van der Waals surface area contributed by atoms with Crippen LogP contribution in [0.4, 0.5) is 0 Å². The average Bonchev–Trinajstić information content (AvgIpc) is 2.93. The molecule has 1 unspecified atom stereocenters. The number of carboxylic acid groups (broad SMARTS) is 1. The molecule has 1 fully saturated rings. The molecule has 0 spiro atoms. The van der Waals surface area contributed by atoms with Gasteiger partial charge in [0.05, 0.1) is 5.92 Å². The van der Waals surface area contributed by atoms with E-state index in [1.807, 2.05) is 13.0 Å². The third-order valence-electron chi connectivity index (χ3n) is 3.43. The lowest BCUT2D eigenvalue weighted by atomic mass is 9.90. The summed E-state index contributed by atoms with van der Waals surface area (Å²) in [6.07, 6.45) is 1.48. The highest BCUT2D eigenvalue weighted by Gasteiger charge is 2.58. The van der Waals surface area contributed by atoms with Crippen LogP contribution in [0.1, 0.15) is 25.3 Å². The minimum absolute atomic E-state index is 0.205. The van der Waals surface area contributed by atoms with E-state index >= 15 is 0 Å². The number of aliphatic carboxylic acids is 1. The van der Waals surface area contributed by atoms with Crippen molar-refractivity contribution in [2.45, 2.75) is 25.2 Å². The number of carbonyl (C=O) groups is 1. The molecule has 2 rings (SSSR count). The molecular formula is C12H14O3. The molecule has 15 heavy (non-hydrogen) atoms. The first-order chi connectivity index (χ1) is 7.10. The average molecular weight is 206 g/mol. The molecule has 1 saturated carbocycles. The van der Waals surface area contributed by atoms with E-state index < -0.39 is 5.97 Å². The number of hydrogen-bond donors (Lipinski definition) is 2. The Morgan fingerprint density at radius 2 is 2.33 bits per heavy atom. The Morgan fingerprint density at radius 3 is 2.80 bits per heavy atom. The van der Waals surface area contributed by atoms with Crippen LogP contribution < -0.4 is 0 Å². The Hall–Kier alpha value is -1.51. The fourth-order valence-corrected chi connectivity index (χ4v) is 2.36. The predicted octanol–water partition coefficient (Wildman–Crippen LogP) is 2.14.